The zero-order valence-electron chi connectivity index (χ0n) is 10.3. The number of rotatable bonds is 7. The van der Waals surface area contributed by atoms with Gasteiger partial charge in [0.15, 0.2) is 0 Å². The van der Waals surface area contributed by atoms with Crippen LogP contribution in [-0.2, 0) is 16.1 Å². The van der Waals surface area contributed by atoms with Crippen LogP contribution >= 0.6 is 0 Å². The Bertz CT molecular complexity index is 458. The molecule has 1 aromatic carbocycles. The van der Waals surface area contributed by atoms with Gasteiger partial charge in [0.2, 0.25) is 0 Å². The Morgan fingerprint density at radius 2 is 2.21 bits per heavy atom. The minimum atomic E-state index is -2.53. The predicted molar refractivity (Wildman–Crippen MR) is 65.3 cm³/mol. The topological polar surface area (TPSA) is 55.8 Å². The zero-order chi connectivity index (χ0) is 14.3. The van der Waals surface area contributed by atoms with Gasteiger partial charge in [0.05, 0.1) is 13.7 Å². The van der Waals surface area contributed by atoms with Crippen LogP contribution in [0.4, 0.5) is 8.78 Å². The van der Waals surface area contributed by atoms with Crippen LogP contribution < -0.4 is 4.74 Å². The Labute approximate surface area is 109 Å². The van der Waals surface area contributed by atoms with Gasteiger partial charge in [0.1, 0.15) is 12.4 Å². The van der Waals surface area contributed by atoms with Crippen molar-refractivity contribution in [3.8, 4) is 5.75 Å². The lowest BCUT2D eigenvalue weighted by Gasteiger charge is -2.10. The molecule has 0 heterocycles. The molecule has 1 rings (SSSR count). The Morgan fingerprint density at radius 1 is 1.47 bits per heavy atom. The number of methoxy groups -OCH3 is 1. The van der Waals surface area contributed by atoms with E-state index >= 15 is 0 Å². The first-order valence-corrected chi connectivity index (χ1v) is 5.46. The summed E-state index contributed by atoms with van der Waals surface area (Å²) in [6.45, 7) is -0.680. The number of carboxylic acid groups (broad SMARTS) is 1. The van der Waals surface area contributed by atoms with E-state index in [1.165, 1.54) is 13.2 Å². The Balaban J connectivity index is 2.80. The highest BCUT2D eigenvalue weighted by molar-refractivity contribution is 5.85. The molecule has 4 nitrogen and oxygen atoms in total. The SMILES string of the molecule is COc1ccc(/C=C/C(=O)O)cc1COCC(F)F. The fraction of sp³-hybridized carbons (Fsp3) is 0.308. The number of halogens is 2. The first kappa shape index (κ1) is 15.1. The second-order valence-corrected chi connectivity index (χ2v) is 3.65. The van der Waals surface area contributed by atoms with Crippen molar-refractivity contribution in [1.82, 2.24) is 0 Å². The number of alkyl halides is 2. The van der Waals surface area contributed by atoms with E-state index < -0.39 is 19.0 Å². The van der Waals surface area contributed by atoms with Gasteiger partial charge >= 0.3 is 5.97 Å². The zero-order valence-corrected chi connectivity index (χ0v) is 10.3. The van der Waals surface area contributed by atoms with Gasteiger partial charge in [-0.15, -0.1) is 0 Å². The molecule has 0 aromatic heterocycles. The smallest absolute Gasteiger partial charge is 0.328 e. The first-order valence-electron chi connectivity index (χ1n) is 5.46. The summed E-state index contributed by atoms with van der Waals surface area (Å²) in [5.74, 6) is -0.562. The van der Waals surface area contributed by atoms with Crippen molar-refractivity contribution in [2.75, 3.05) is 13.7 Å². The summed E-state index contributed by atoms with van der Waals surface area (Å²) in [4.78, 5) is 10.4. The maximum atomic E-state index is 12.0. The molecule has 0 spiro atoms. The molecule has 0 aliphatic heterocycles. The summed E-state index contributed by atoms with van der Waals surface area (Å²) in [5.41, 5.74) is 1.20. The van der Waals surface area contributed by atoms with Gasteiger partial charge in [-0.05, 0) is 23.8 Å². The lowest BCUT2D eigenvalue weighted by molar-refractivity contribution is -0.131. The van der Waals surface area contributed by atoms with Crippen molar-refractivity contribution >= 4 is 12.0 Å². The number of carboxylic acids is 1. The number of aliphatic carboxylic acids is 1. The van der Waals surface area contributed by atoms with Crippen molar-refractivity contribution in [2.24, 2.45) is 0 Å². The molecule has 0 unspecified atom stereocenters. The Hall–Kier alpha value is -1.95. The summed E-state index contributed by atoms with van der Waals surface area (Å²) in [6, 6.07) is 4.92. The third-order valence-electron chi connectivity index (χ3n) is 2.22. The largest absolute Gasteiger partial charge is 0.496 e. The second kappa shape index (κ2) is 7.48. The molecular weight excluding hydrogens is 258 g/mol. The number of carbonyl (C=O) groups is 1. The molecule has 1 N–H and O–H groups in total. The quantitative estimate of drug-likeness (QED) is 0.775. The number of ether oxygens (including phenoxy) is 2. The molecule has 6 heteroatoms. The summed E-state index contributed by atoms with van der Waals surface area (Å²) in [6.07, 6.45) is -0.134. The number of hydrogen-bond acceptors (Lipinski definition) is 3. The van der Waals surface area contributed by atoms with E-state index in [-0.39, 0.29) is 6.61 Å². The Morgan fingerprint density at radius 3 is 2.79 bits per heavy atom. The van der Waals surface area contributed by atoms with E-state index in [0.29, 0.717) is 16.9 Å². The van der Waals surface area contributed by atoms with Gasteiger partial charge in [-0.1, -0.05) is 6.07 Å². The van der Waals surface area contributed by atoms with Gasteiger partial charge in [-0.3, -0.25) is 0 Å². The lowest BCUT2D eigenvalue weighted by Crippen LogP contribution is -2.05. The number of benzene rings is 1. The van der Waals surface area contributed by atoms with Crippen LogP contribution in [0.3, 0.4) is 0 Å². The summed E-state index contributed by atoms with van der Waals surface area (Å²) in [5, 5.41) is 8.53. The molecule has 0 aliphatic carbocycles. The molecule has 104 valence electrons. The molecule has 1 aromatic rings. The van der Waals surface area contributed by atoms with E-state index in [9.17, 15) is 13.6 Å². The molecule has 0 radical (unpaired) electrons. The van der Waals surface area contributed by atoms with Crippen LogP contribution in [0.2, 0.25) is 0 Å². The standard InChI is InChI=1S/C13H14F2O4/c1-18-11-4-2-9(3-5-13(16)17)6-10(11)7-19-8-12(14)15/h2-6,12H,7-8H2,1H3,(H,16,17)/b5-3+. The third-order valence-corrected chi connectivity index (χ3v) is 2.22. The highest BCUT2D eigenvalue weighted by Crippen LogP contribution is 2.21. The van der Waals surface area contributed by atoms with E-state index in [0.717, 1.165) is 6.08 Å². The number of hydrogen-bond donors (Lipinski definition) is 1. The van der Waals surface area contributed by atoms with Crippen LogP contribution in [0.1, 0.15) is 11.1 Å². The fourth-order valence-corrected chi connectivity index (χ4v) is 1.44. The molecule has 0 bridgehead atoms. The summed E-state index contributed by atoms with van der Waals surface area (Å²) < 4.78 is 33.9. The van der Waals surface area contributed by atoms with Crippen molar-refractivity contribution < 1.29 is 28.2 Å². The molecule has 0 amide bonds. The van der Waals surface area contributed by atoms with E-state index in [4.69, 9.17) is 14.6 Å². The fourth-order valence-electron chi connectivity index (χ4n) is 1.44. The second-order valence-electron chi connectivity index (χ2n) is 3.65. The van der Waals surface area contributed by atoms with Gasteiger partial charge < -0.3 is 14.6 Å². The Kier molecular flexibility index (Phi) is 5.95. The van der Waals surface area contributed by atoms with Crippen LogP contribution in [0.5, 0.6) is 5.75 Å². The minimum Gasteiger partial charge on any atom is -0.496 e. The average Bonchev–Trinajstić information content (AvgIpc) is 2.36. The third kappa shape index (κ3) is 5.48. The van der Waals surface area contributed by atoms with Gasteiger partial charge in [-0.2, -0.15) is 0 Å². The van der Waals surface area contributed by atoms with Crippen molar-refractivity contribution in [3.63, 3.8) is 0 Å². The molecule has 19 heavy (non-hydrogen) atoms. The first-order chi connectivity index (χ1) is 9.02. The molecule has 0 aliphatic rings. The summed E-state index contributed by atoms with van der Waals surface area (Å²) >= 11 is 0. The van der Waals surface area contributed by atoms with E-state index in [1.54, 1.807) is 18.2 Å². The van der Waals surface area contributed by atoms with Crippen LogP contribution in [-0.4, -0.2) is 31.2 Å². The lowest BCUT2D eigenvalue weighted by atomic mass is 10.1. The molecule has 0 fully saturated rings. The monoisotopic (exact) mass is 272 g/mol. The van der Waals surface area contributed by atoms with Gasteiger partial charge in [-0.25, -0.2) is 13.6 Å². The summed E-state index contributed by atoms with van der Waals surface area (Å²) in [7, 11) is 1.46. The van der Waals surface area contributed by atoms with E-state index in [1.807, 2.05) is 0 Å². The molecular formula is C13H14F2O4. The van der Waals surface area contributed by atoms with Crippen molar-refractivity contribution in [1.29, 1.82) is 0 Å². The van der Waals surface area contributed by atoms with Crippen LogP contribution in [0.25, 0.3) is 6.08 Å². The van der Waals surface area contributed by atoms with E-state index in [2.05, 4.69) is 0 Å². The normalized spacial score (nSPS) is 11.2. The predicted octanol–water partition coefficient (Wildman–Crippen LogP) is 2.57. The minimum absolute atomic E-state index is 0.0255. The molecule has 0 saturated carbocycles. The van der Waals surface area contributed by atoms with Crippen molar-refractivity contribution in [2.45, 2.75) is 13.0 Å². The van der Waals surface area contributed by atoms with Crippen LogP contribution in [0.15, 0.2) is 24.3 Å². The van der Waals surface area contributed by atoms with Crippen molar-refractivity contribution in [3.05, 3.63) is 35.4 Å². The molecule has 0 saturated heterocycles. The molecule has 0 atom stereocenters. The maximum Gasteiger partial charge on any atom is 0.328 e. The highest BCUT2D eigenvalue weighted by atomic mass is 19.3. The average molecular weight is 272 g/mol. The highest BCUT2D eigenvalue weighted by Gasteiger charge is 2.07. The van der Waals surface area contributed by atoms with Crippen LogP contribution in [0, 0.1) is 0 Å². The maximum absolute atomic E-state index is 12.0. The van der Waals surface area contributed by atoms with Gasteiger partial charge in [0, 0.05) is 11.6 Å². The van der Waals surface area contributed by atoms with Gasteiger partial charge in [0.25, 0.3) is 6.43 Å².